The highest BCUT2D eigenvalue weighted by Crippen LogP contribution is 2.47. The molecule has 2 aliphatic rings. The maximum Gasteiger partial charge on any atom is 0.404 e. The Morgan fingerprint density at radius 3 is 2.33 bits per heavy atom. The number of nitrogens with one attached hydrogen (secondary N) is 1. The topological polar surface area (TPSA) is 93.3 Å². The quantitative estimate of drug-likeness (QED) is 0.637. The van der Waals surface area contributed by atoms with Crippen molar-refractivity contribution in [2.45, 2.75) is 43.7 Å². The van der Waals surface area contributed by atoms with Crippen molar-refractivity contribution in [1.29, 1.82) is 0 Å². The lowest BCUT2D eigenvalue weighted by atomic mass is 9.98. The smallest absolute Gasteiger partial charge is 0.404 e. The van der Waals surface area contributed by atoms with Crippen LogP contribution in [-0.4, -0.2) is 48.1 Å². The number of hydrogen-bond donors (Lipinski definition) is 2. The molecule has 2 fully saturated rings. The Balaban J connectivity index is 2.00. The Morgan fingerprint density at radius 2 is 1.82 bits per heavy atom. The van der Waals surface area contributed by atoms with Gasteiger partial charge in [-0.15, -0.1) is 0 Å². The highest BCUT2D eigenvalue weighted by Gasteiger charge is 2.50. The zero-order chi connectivity index (χ0) is 24.4. The third kappa shape index (κ3) is 3.73. The number of aromatic amines is 1. The van der Waals surface area contributed by atoms with E-state index in [2.05, 4.69) is 0 Å². The lowest BCUT2D eigenvalue weighted by Gasteiger charge is -2.26. The van der Waals surface area contributed by atoms with E-state index in [1.807, 2.05) is 4.98 Å². The molecule has 2 heterocycles. The summed E-state index contributed by atoms with van der Waals surface area (Å²) in [7, 11) is 1.02. The van der Waals surface area contributed by atoms with Crippen molar-refractivity contribution in [1.82, 2.24) is 9.55 Å². The summed E-state index contributed by atoms with van der Waals surface area (Å²) in [6, 6.07) is -3.05. The molecule has 1 saturated heterocycles. The number of halogens is 7. The van der Waals surface area contributed by atoms with Crippen LogP contribution in [0.3, 0.4) is 0 Å². The number of nitrogens with zero attached hydrogens (tertiary/aromatic N) is 2. The van der Waals surface area contributed by atoms with Crippen LogP contribution < -0.4 is 26.6 Å². The van der Waals surface area contributed by atoms with E-state index in [1.165, 1.54) is 0 Å². The fraction of sp³-hybridized carbons (Fsp3) is 0.579. The molecule has 3 N–H and O–H groups in total. The second-order valence-corrected chi connectivity index (χ2v) is 8.15. The number of anilines is 1. The Kier molecular flexibility index (Phi) is 5.61. The van der Waals surface area contributed by atoms with Crippen LogP contribution in [0.15, 0.2) is 9.59 Å². The minimum atomic E-state index is -4.94. The second kappa shape index (κ2) is 7.92. The van der Waals surface area contributed by atoms with Crippen molar-refractivity contribution in [2.75, 3.05) is 25.1 Å². The molecule has 33 heavy (non-hydrogen) atoms. The summed E-state index contributed by atoms with van der Waals surface area (Å²) in [5.74, 6) is -3.96. The van der Waals surface area contributed by atoms with Crippen molar-refractivity contribution >= 4 is 16.6 Å². The summed E-state index contributed by atoms with van der Waals surface area (Å²) >= 11 is 0. The average molecular weight is 484 g/mol. The van der Waals surface area contributed by atoms with E-state index in [1.54, 1.807) is 0 Å². The lowest BCUT2D eigenvalue weighted by molar-refractivity contribution is -0.161. The number of ether oxygens (including phenoxy) is 1. The average Bonchev–Trinajstić information content (AvgIpc) is 3.47. The summed E-state index contributed by atoms with van der Waals surface area (Å²) < 4.78 is 103. The fourth-order valence-corrected chi connectivity index (χ4v) is 4.39. The SMILES string of the molecule is COc1c(N2CC(F)C(C(N)C(F)(F)F)C2)c(F)c(C(F)F)c2c(=O)[nH]c(=O)n(C3CC3)c12. The minimum Gasteiger partial charge on any atom is -0.492 e. The number of benzene rings is 1. The molecule has 14 heteroatoms. The maximum atomic E-state index is 15.5. The van der Waals surface area contributed by atoms with Crippen LogP contribution in [0, 0.1) is 11.7 Å². The summed E-state index contributed by atoms with van der Waals surface area (Å²) in [6.07, 6.45) is -9.67. The van der Waals surface area contributed by atoms with Crippen LogP contribution in [0.1, 0.15) is 30.9 Å². The van der Waals surface area contributed by atoms with Crippen molar-refractivity contribution in [3.05, 3.63) is 32.2 Å². The van der Waals surface area contributed by atoms with Gasteiger partial charge in [0.05, 0.1) is 18.1 Å². The van der Waals surface area contributed by atoms with Crippen LogP contribution in [0.25, 0.3) is 10.9 Å². The van der Waals surface area contributed by atoms with Gasteiger partial charge < -0.3 is 15.4 Å². The molecule has 3 atom stereocenters. The molecule has 1 saturated carbocycles. The first-order chi connectivity index (χ1) is 15.4. The molecular formula is C19H19F7N4O3. The second-order valence-electron chi connectivity index (χ2n) is 8.15. The van der Waals surface area contributed by atoms with Crippen molar-refractivity contribution in [3.63, 3.8) is 0 Å². The number of hydrogen-bond acceptors (Lipinski definition) is 5. The number of rotatable bonds is 5. The summed E-state index contributed by atoms with van der Waals surface area (Å²) in [6.45, 7) is -1.53. The predicted octanol–water partition coefficient (Wildman–Crippen LogP) is 2.77. The molecule has 0 spiro atoms. The third-order valence-electron chi connectivity index (χ3n) is 6.07. The van der Waals surface area contributed by atoms with Gasteiger partial charge in [0.2, 0.25) is 0 Å². The van der Waals surface area contributed by atoms with Gasteiger partial charge >= 0.3 is 11.9 Å². The molecule has 1 aromatic carbocycles. The zero-order valence-electron chi connectivity index (χ0n) is 17.1. The molecule has 1 aliphatic heterocycles. The number of aromatic nitrogens is 2. The van der Waals surface area contributed by atoms with Gasteiger partial charge in [-0.2, -0.15) is 13.2 Å². The number of methoxy groups -OCH3 is 1. The van der Waals surface area contributed by atoms with Gasteiger partial charge in [0, 0.05) is 25.0 Å². The van der Waals surface area contributed by atoms with Crippen molar-refractivity contribution < 1.29 is 35.5 Å². The lowest BCUT2D eigenvalue weighted by Crippen LogP contribution is -2.47. The molecule has 1 aromatic heterocycles. The molecule has 2 aromatic rings. The molecular weight excluding hydrogens is 465 g/mol. The molecule has 182 valence electrons. The van der Waals surface area contributed by atoms with E-state index in [0.717, 1.165) is 16.6 Å². The molecule has 7 nitrogen and oxygen atoms in total. The Labute approximate surface area is 180 Å². The molecule has 0 radical (unpaired) electrons. The molecule has 3 unspecified atom stereocenters. The monoisotopic (exact) mass is 484 g/mol. The Morgan fingerprint density at radius 1 is 1.18 bits per heavy atom. The van der Waals surface area contributed by atoms with Crippen LogP contribution in [-0.2, 0) is 0 Å². The van der Waals surface area contributed by atoms with E-state index in [4.69, 9.17) is 10.5 Å². The van der Waals surface area contributed by atoms with Gasteiger partial charge in [-0.25, -0.2) is 22.4 Å². The van der Waals surface area contributed by atoms with E-state index in [-0.39, 0.29) is 0 Å². The third-order valence-corrected chi connectivity index (χ3v) is 6.07. The minimum absolute atomic E-state index is 0.417. The zero-order valence-corrected chi connectivity index (χ0v) is 17.1. The molecule has 1 aliphatic carbocycles. The largest absolute Gasteiger partial charge is 0.492 e. The van der Waals surface area contributed by atoms with Gasteiger partial charge in [-0.05, 0) is 12.8 Å². The van der Waals surface area contributed by atoms with Crippen molar-refractivity contribution in [2.24, 2.45) is 11.7 Å². The number of nitrogens with two attached hydrogens (primary N) is 1. The fourth-order valence-electron chi connectivity index (χ4n) is 4.39. The first kappa shape index (κ1) is 23.4. The van der Waals surface area contributed by atoms with Gasteiger partial charge in [-0.1, -0.05) is 0 Å². The Bertz CT molecular complexity index is 1210. The standard InChI is InChI=1S/C19H19F7N4O3/c1-33-14-12-10(17(31)28-18(32)30(12)6-2-3-6)9(16(22)23)11(21)13(14)29-4-7(8(20)5-29)15(27)19(24,25)26/h6-8,15-16H,2-5,27H2,1H3,(H,28,31,32). The van der Waals surface area contributed by atoms with Crippen LogP contribution in [0.2, 0.25) is 0 Å². The normalized spacial score (nSPS) is 22.4. The van der Waals surface area contributed by atoms with Crippen LogP contribution >= 0.6 is 0 Å². The summed E-state index contributed by atoms with van der Waals surface area (Å²) in [5.41, 5.74) is 0.421. The first-order valence-electron chi connectivity index (χ1n) is 9.95. The highest BCUT2D eigenvalue weighted by atomic mass is 19.4. The predicted molar refractivity (Wildman–Crippen MR) is 103 cm³/mol. The molecule has 0 bridgehead atoms. The number of fused-ring (bicyclic) bond motifs is 1. The van der Waals surface area contributed by atoms with E-state index in [9.17, 15) is 35.9 Å². The van der Waals surface area contributed by atoms with E-state index < -0.39 is 94.8 Å². The van der Waals surface area contributed by atoms with Crippen LogP contribution in [0.4, 0.5) is 36.4 Å². The van der Waals surface area contributed by atoms with E-state index >= 15 is 4.39 Å². The summed E-state index contributed by atoms with van der Waals surface area (Å²) in [5, 5.41) is -0.811. The molecule has 0 amide bonds. The van der Waals surface area contributed by atoms with Gasteiger partial charge in [-0.3, -0.25) is 14.3 Å². The van der Waals surface area contributed by atoms with Gasteiger partial charge in [0.1, 0.15) is 23.4 Å². The van der Waals surface area contributed by atoms with Gasteiger partial charge in [0.25, 0.3) is 12.0 Å². The van der Waals surface area contributed by atoms with Gasteiger partial charge in [0.15, 0.2) is 11.6 Å². The number of H-pyrrole nitrogens is 1. The first-order valence-corrected chi connectivity index (χ1v) is 9.95. The summed E-state index contributed by atoms with van der Waals surface area (Å²) in [4.78, 5) is 27.6. The van der Waals surface area contributed by atoms with Crippen LogP contribution in [0.5, 0.6) is 5.75 Å². The maximum absolute atomic E-state index is 15.5. The highest BCUT2D eigenvalue weighted by molar-refractivity contribution is 5.94. The van der Waals surface area contributed by atoms with E-state index in [0.29, 0.717) is 12.8 Å². The Hall–Kier alpha value is -2.77. The number of alkyl halides is 6. The molecule has 4 rings (SSSR count). The van der Waals surface area contributed by atoms with Crippen molar-refractivity contribution in [3.8, 4) is 5.75 Å².